The molecular formula is C19H23N5O2. The first-order chi connectivity index (χ1) is 12.6. The number of aryl methyl sites for hydroxylation is 2. The van der Waals surface area contributed by atoms with Crippen molar-refractivity contribution in [3.8, 4) is 0 Å². The van der Waals surface area contributed by atoms with E-state index in [9.17, 15) is 4.79 Å². The van der Waals surface area contributed by atoms with E-state index in [1.54, 1.807) is 17.0 Å². The summed E-state index contributed by atoms with van der Waals surface area (Å²) in [6.07, 6.45) is 4.10. The Morgan fingerprint density at radius 3 is 2.81 bits per heavy atom. The molecule has 0 saturated heterocycles. The van der Waals surface area contributed by atoms with E-state index >= 15 is 0 Å². The second-order valence-corrected chi connectivity index (χ2v) is 6.07. The van der Waals surface area contributed by atoms with Gasteiger partial charge in [0.25, 0.3) is 5.56 Å². The van der Waals surface area contributed by atoms with Crippen LogP contribution in [0.3, 0.4) is 0 Å². The molecule has 0 saturated carbocycles. The zero-order chi connectivity index (χ0) is 18.5. The number of aromatic nitrogens is 3. The normalized spacial score (nSPS) is 10.9. The van der Waals surface area contributed by atoms with Crippen LogP contribution in [0.2, 0.25) is 0 Å². The standard InChI is InChI=1S/C19H23N5O2/c1-3-24-9-6-14-12-16(22-15-11-13(2)5-8-20-15)23-18(17(14)19(24)26)21-7-4-10-25/h5-6,8-9,11-12,25H,3-4,7,10H2,1-2H3,(H2,20,21,22,23). The largest absolute Gasteiger partial charge is 0.396 e. The quantitative estimate of drug-likeness (QED) is 0.566. The van der Waals surface area contributed by atoms with Crippen LogP contribution in [0.25, 0.3) is 10.8 Å². The molecule has 0 aromatic carbocycles. The molecule has 3 N–H and O–H groups in total. The first-order valence-corrected chi connectivity index (χ1v) is 8.71. The predicted molar refractivity (Wildman–Crippen MR) is 104 cm³/mol. The number of aliphatic hydroxyl groups is 1. The van der Waals surface area contributed by atoms with E-state index in [-0.39, 0.29) is 12.2 Å². The maximum Gasteiger partial charge on any atom is 0.262 e. The van der Waals surface area contributed by atoms with Crippen LogP contribution in [-0.4, -0.2) is 32.8 Å². The molecule has 0 unspecified atom stereocenters. The summed E-state index contributed by atoms with van der Waals surface area (Å²) in [6, 6.07) is 7.61. The summed E-state index contributed by atoms with van der Waals surface area (Å²) >= 11 is 0. The van der Waals surface area contributed by atoms with Gasteiger partial charge < -0.3 is 20.3 Å². The minimum Gasteiger partial charge on any atom is -0.396 e. The number of anilines is 3. The average Bonchev–Trinajstić information content (AvgIpc) is 2.62. The molecule has 0 fully saturated rings. The molecule has 3 aromatic rings. The SMILES string of the molecule is CCn1ccc2cc(Nc3cc(C)ccn3)nc(NCCCO)c2c1=O. The fourth-order valence-electron chi connectivity index (χ4n) is 2.77. The highest BCUT2D eigenvalue weighted by Gasteiger charge is 2.12. The number of aliphatic hydroxyl groups excluding tert-OH is 1. The number of rotatable bonds is 7. The molecule has 0 aliphatic rings. The highest BCUT2D eigenvalue weighted by molar-refractivity contribution is 5.93. The predicted octanol–water partition coefficient (Wildman–Crippen LogP) is 2.66. The molecule has 0 aliphatic heterocycles. The number of hydrogen-bond donors (Lipinski definition) is 3. The van der Waals surface area contributed by atoms with Crippen molar-refractivity contribution < 1.29 is 5.11 Å². The summed E-state index contributed by atoms with van der Waals surface area (Å²) in [6.45, 7) is 5.13. The Labute approximate surface area is 151 Å². The van der Waals surface area contributed by atoms with Gasteiger partial charge in [-0.1, -0.05) is 0 Å². The molecular weight excluding hydrogens is 330 g/mol. The van der Waals surface area contributed by atoms with Gasteiger partial charge in [-0.25, -0.2) is 9.97 Å². The summed E-state index contributed by atoms with van der Waals surface area (Å²) in [4.78, 5) is 21.6. The lowest BCUT2D eigenvalue weighted by molar-refractivity contribution is 0.292. The first kappa shape index (κ1) is 17.9. The molecule has 0 atom stereocenters. The molecule has 0 bridgehead atoms. The first-order valence-electron chi connectivity index (χ1n) is 8.71. The average molecular weight is 353 g/mol. The van der Waals surface area contributed by atoms with Gasteiger partial charge in [0.1, 0.15) is 17.5 Å². The molecule has 0 aliphatic carbocycles. The molecule has 7 nitrogen and oxygen atoms in total. The molecule has 26 heavy (non-hydrogen) atoms. The molecule has 0 amide bonds. The van der Waals surface area contributed by atoms with Crippen molar-refractivity contribution >= 4 is 28.2 Å². The van der Waals surface area contributed by atoms with Gasteiger partial charge in [0.2, 0.25) is 0 Å². The number of pyridine rings is 3. The van der Waals surface area contributed by atoms with Gasteiger partial charge in [-0.2, -0.15) is 0 Å². The van der Waals surface area contributed by atoms with Gasteiger partial charge in [0.15, 0.2) is 0 Å². The molecule has 3 rings (SSSR count). The second-order valence-electron chi connectivity index (χ2n) is 6.07. The van der Waals surface area contributed by atoms with E-state index in [0.717, 1.165) is 10.9 Å². The third kappa shape index (κ3) is 3.83. The van der Waals surface area contributed by atoms with Gasteiger partial charge in [0, 0.05) is 32.1 Å². The van der Waals surface area contributed by atoms with Crippen molar-refractivity contribution in [2.45, 2.75) is 26.8 Å². The van der Waals surface area contributed by atoms with Crippen LogP contribution in [0.1, 0.15) is 18.9 Å². The fourth-order valence-corrected chi connectivity index (χ4v) is 2.77. The van der Waals surface area contributed by atoms with Crippen molar-refractivity contribution in [2.75, 3.05) is 23.8 Å². The molecule has 136 valence electrons. The minimum atomic E-state index is -0.0794. The molecule has 3 heterocycles. The van der Waals surface area contributed by atoms with Gasteiger partial charge in [0.05, 0.1) is 5.39 Å². The Bertz CT molecular complexity index is 968. The van der Waals surface area contributed by atoms with Crippen molar-refractivity contribution in [1.82, 2.24) is 14.5 Å². The van der Waals surface area contributed by atoms with Crippen molar-refractivity contribution in [1.29, 1.82) is 0 Å². The Morgan fingerprint density at radius 1 is 1.23 bits per heavy atom. The van der Waals surface area contributed by atoms with E-state index in [2.05, 4.69) is 20.6 Å². The van der Waals surface area contributed by atoms with Crippen LogP contribution < -0.4 is 16.2 Å². The van der Waals surface area contributed by atoms with Gasteiger partial charge in [-0.3, -0.25) is 4.79 Å². The minimum absolute atomic E-state index is 0.0786. The third-order valence-electron chi connectivity index (χ3n) is 4.10. The van der Waals surface area contributed by atoms with Gasteiger partial charge >= 0.3 is 0 Å². The number of nitrogens with zero attached hydrogens (tertiary/aromatic N) is 3. The van der Waals surface area contributed by atoms with Crippen molar-refractivity contribution in [3.05, 3.63) is 52.6 Å². The molecule has 0 spiro atoms. The lowest BCUT2D eigenvalue weighted by Crippen LogP contribution is -2.20. The lowest BCUT2D eigenvalue weighted by Gasteiger charge is -2.13. The monoisotopic (exact) mass is 353 g/mol. The Balaban J connectivity index is 2.06. The highest BCUT2D eigenvalue weighted by atomic mass is 16.3. The summed E-state index contributed by atoms with van der Waals surface area (Å²) < 4.78 is 1.65. The zero-order valence-electron chi connectivity index (χ0n) is 15.0. The van der Waals surface area contributed by atoms with Crippen molar-refractivity contribution in [3.63, 3.8) is 0 Å². The second kappa shape index (κ2) is 7.97. The highest BCUT2D eigenvalue weighted by Crippen LogP contribution is 2.24. The Kier molecular flexibility index (Phi) is 5.48. The van der Waals surface area contributed by atoms with E-state index in [4.69, 9.17) is 5.11 Å². The van der Waals surface area contributed by atoms with Crippen LogP contribution in [0.4, 0.5) is 17.5 Å². The van der Waals surface area contributed by atoms with Crippen LogP contribution >= 0.6 is 0 Å². The van der Waals surface area contributed by atoms with Crippen LogP contribution in [0, 0.1) is 6.92 Å². The fraction of sp³-hybridized carbons (Fsp3) is 0.316. The number of nitrogens with one attached hydrogen (secondary N) is 2. The van der Waals surface area contributed by atoms with E-state index in [0.29, 0.717) is 42.4 Å². The van der Waals surface area contributed by atoms with Crippen LogP contribution in [0.15, 0.2) is 41.5 Å². The number of hydrogen-bond acceptors (Lipinski definition) is 6. The van der Waals surface area contributed by atoms with Crippen molar-refractivity contribution in [2.24, 2.45) is 0 Å². The van der Waals surface area contributed by atoms with E-state index in [1.807, 2.05) is 38.1 Å². The maximum atomic E-state index is 12.7. The maximum absolute atomic E-state index is 12.7. The molecule has 3 aromatic heterocycles. The van der Waals surface area contributed by atoms with Crippen LogP contribution in [0.5, 0.6) is 0 Å². The topological polar surface area (TPSA) is 92.1 Å². The smallest absolute Gasteiger partial charge is 0.262 e. The zero-order valence-corrected chi connectivity index (χ0v) is 15.0. The van der Waals surface area contributed by atoms with Gasteiger partial charge in [-0.15, -0.1) is 0 Å². The lowest BCUT2D eigenvalue weighted by atomic mass is 10.2. The molecule has 7 heteroatoms. The third-order valence-corrected chi connectivity index (χ3v) is 4.10. The summed E-state index contributed by atoms with van der Waals surface area (Å²) in [5, 5.41) is 16.7. The van der Waals surface area contributed by atoms with E-state index in [1.165, 1.54) is 0 Å². The van der Waals surface area contributed by atoms with Gasteiger partial charge in [-0.05, 0) is 55.5 Å². The van der Waals surface area contributed by atoms with E-state index < -0.39 is 0 Å². The Hall–Kier alpha value is -2.93. The summed E-state index contributed by atoms with van der Waals surface area (Å²) in [5.41, 5.74) is 1.01. The summed E-state index contributed by atoms with van der Waals surface area (Å²) in [7, 11) is 0. The summed E-state index contributed by atoms with van der Waals surface area (Å²) in [5.74, 6) is 1.81. The molecule has 0 radical (unpaired) electrons. The Morgan fingerprint density at radius 2 is 2.08 bits per heavy atom. The van der Waals surface area contributed by atoms with Crippen LogP contribution in [-0.2, 0) is 6.54 Å². The number of fused-ring (bicyclic) bond motifs is 1.